The fourth-order valence-corrected chi connectivity index (χ4v) is 7.47. The minimum atomic E-state index is -0.550. The molecule has 10 nitrogen and oxygen atoms in total. The van der Waals surface area contributed by atoms with Gasteiger partial charge in [-0.05, 0) is 47.5 Å². The molecule has 1 saturated heterocycles. The molecule has 1 N–H and O–H groups in total. The van der Waals surface area contributed by atoms with Gasteiger partial charge in [-0.25, -0.2) is 4.79 Å². The van der Waals surface area contributed by atoms with Crippen LogP contribution >= 0.6 is 23.5 Å². The number of nitrogens with zero attached hydrogens (tertiary/aromatic N) is 1. The van der Waals surface area contributed by atoms with Gasteiger partial charge in [0.05, 0.1) is 52.4 Å². The van der Waals surface area contributed by atoms with Crippen LogP contribution in [-0.4, -0.2) is 65.6 Å². The lowest BCUT2D eigenvalue weighted by Gasteiger charge is -2.19. The second-order valence-corrected chi connectivity index (χ2v) is 11.4. The van der Waals surface area contributed by atoms with E-state index in [4.69, 9.17) is 33.2 Å². The SMILES string of the molecule is COc1cc([C@H]2CS[C@H](c3cc(OC)c(OCCOC(=O)NCc4ccccn4)c(OC)c3)S2)cc(OC)c1OC. The third kappa shape index (κ3) is 7.56. The van der Waals surface area contributed by atoms with Crippen LogP contribution in [0, 0.1) is 0 Å². The molecule has 4 rings (SSSR count). The normalized spacial score (nSPS) is 16.0. The van der Waals surface area contributed by atoms with E-state index in [1.165, 1.54) is 0 Å². The highest BCUT2D eigenvalue weighted by atomic mass is 32.2. The van der Waals surface area contributed by atoms with E-state index < -0.39 is 6.09 Å². The Bertz CT molecular complexity index is 1260. The average molecular weight is 603 g/mol. The van der Waals surface area contributed by atoms with Gasteiger partial charge >= 0.3 is 6.09 Å². The molecule has 12 heteroatoms. The number of aromatic nitrogens is 1. The summed E-state index contributed by atoms with van der Waals surface area (Å²) in [5.74, 6) is 4.27. The van der Waals surface area contributed by atoms with Crippen molar-refractivity contribution in [1.29, 1.82) is 0 Å². The molecule has 1 aromatic heterocycles. The van der Waals surface area contributed by atoms with Crippen molar-refractivity contribution < 1.29 is 38.0 Å². The molecule has 1 aliphatic heterocycles. The van der Waals surface area contributed by atoms with Gasteiger partial charge in [-0.3, -0.25) is 4.98 Å². The zero-order valence-corrected chi connectivity index (χ0v) is 25.3. The quantitative estimate of drug-likeness (QED) is 0.245. The van der Waals surface area contributed by atoms with Gasteiger partial charge < -0.3 is 38.5 Å². The van der Waals surface area contributed by atoms with Crippen molar-refractivity contribution >= 4 is 29.6 Å². The van der Waals surface area contributed by atoms with Crippen molar-refractivity contribution in [2.24, 2.45) is 0 Å². The molecule has 2 atom stereocenters. The Labute approximate surface area is 248 Å². The summed E-state index contributed by atoms with van der Waals surface area (Å²) in [5, 5.41) is 2.88. The van der Waals surface area contributed by atoms with Crippen molar-refractivity contribution in [2.75, 3.05) is 54.5 Å². The van der Waals surface area contributed by atoms with E-state index in [0.29, 0.717) is 34.5 Å². The highest BCUT2D eigenvalue weighted by Crippen LogP contribution is 2.58. The summed E-state index contributed by atoms with van der Waals surface area (Å²) in [7, 11) is 8.00. The predicted octanol–water partition coefficient (Wildman–Crippen LogP) is 5.65. The first kappa shape index (κ1) is 30.3. The van der Waals surface area contributed by atoms with Gasteiger partial charge in [0.1, 0.15) is 13.2 Å². The molecule has 0 saturated carbocycles. The summed E-state index contributed by atoms with van der Waals surface area (Å²) in [6.45, 7) is 0.452. The zero-order valence-electron chi connectivity index (χ0n) is 23.6. The molecule has 1 amide bonds. The molecular formula is C29H34N2O8S2. The summed E-state index contributed by atoms with van der Waals surface area (Å²) in [6, 6.07) is 13.4. The van der Waals surface area contributed by atoms with Crippen molar-refractivity contribution in [1.82, 2.24) is 10.3 Å². The Morgan fingerprint density at radius 3 is 2.07 bits per heavy atom. The van der Waals surface area contributed by atoms with Crippen LogP contribution in [-0.2, 0) is 11.3 Å². The minimum Gasteiger partial charge on any atom is -0.493 e. The molecule has 0 unspecified atom stereocenters. The number of hydrogen-bond donors (Lipinski definition) is 1. The van der Waals surface area contributed by atoms with Crippen LogP contribution in [0.5, 0.6) is 34.5 Å². The van der Waals surface area contributed by atoms with Gasteiger partial charge in [0.25, 0.3) is 0 Å². The van der Waals surface area contributed by atoms with Crippen molar-refractivity contribution in [3.63, 3.8) is 0 Å². The third-order valence-electron chi connectivity index (χ3n) is 6.20. The molecule has 1 aliphatic rings. The number of thioether (sulfide) groups is 2. The number of hydrogen-bond acceptors (Lipinski definition) is 11. The van der Waals surface area contributed by atoms with Gasteiger partial charge in [-0.2, -0.15) is 0 Å². The smallest absolute Gasteiger partial charge is 0.407 e. The maximum atomic E-state index is 12.0. The number of methoxy groups -OCH3 is 5. The van der Waals surface area contributed by atoms with Crippen molar-refractivity contribution in [3.05, 3.63) is 65.5 Å². The standard InChI is InChI=1S/C29H34N2O8S2/c1-33-21-12-18(13-22(34-2)26(21)37-5)25-17-40-28(41-25)19-14-23(35-3)27(24(15-19)36-4)38-10-11-39-29(32)31-16-20-8-6-7-9-30-20/h6-9,12-15,25,28H,10-11,16-17H2,1-5H3,(H,31,32)/t25-,28+/m1/s1. The monoisotopic (exact) mass is 602 g/mol. The molecule has 41 heavy (non-hydrogen) atoms. The number of alkyl carbamates (subject to hydrolysis) is 1. The number of carbonyl (C=O) groups is 1. The summed E-state index contributed by atoms with van der Waals surface area (Å²) in [4.78, 5) is 16.2. The molecule has 2 aromatic carbocycles. The van der Waals surface area contributed by atoms with Crippen molar-refractivity contribution in [3.8, 4) is 34.5 Å². The topological polar surface area (TPSA) is 107 Å². The zero-order chi connectivity index (χ0) is 29.2. The highest BCUT2D eigenvalue weighted by molar-refractivity contribution is 8.19. The van der Waals surface area contributed by atoms with Crippen LogP contribution in [0.25, 0.3) is 0 Å². The lowest BCUT2D eigenvalue weighted by Crippen LogP contribution is -2.26. The summed E-state index contributed by atoms with van der Waals surface area (Å²) < 4.78 is 39.2. The van der Waals surface area contributed by atoms with E-state index in [-0.39, 0.29) is 29.6 Å². The van der Waals surface area contributed by atoms with E-state index in [2.05, 4.69) is 10.3 Å². The average Bonchev–Trinajstić information content (AvgIpc) is 3.52. The summed E-state index contributed by atoms with van der Waals surface area (Å²) >= 11 is 3.67. The van der Waals surface area contributed by atoms with Crippen LogP contribution in [0.4, 0.5) is 4.79 Å². The molecular weight excluding hydrogens is 568 g/mol. The molecule has 0 spiro atoms. The molecule has 220 valence electrons. The van der Waals surface area contributed by atoms with Gasteiger partial charge in [0.2, 0.25) is 11.5 Å². The van der Waals surface area contributed by atoms with E-state index in [9.17, 15) is 4.79 Å². The molecule has 1 fully saturated rings. The number of pyridine rings is 1. The maximum absolute atomic E-state index is 12.0. The minimum absolute atomic E-state index is 0.0485. The molecule has 0 bridgehead atoms. The number of rotatable bonds is 13. The Morgan fingerprint density at radius 1 is 0.854 bits per heavy atom. The van der Waals surface area contributed by atoms with E-state index in [0.717, 1.165) is 22.6 Å². The first-order valence-electron chi connectivity index (χ1n) is 12.8. The number of ether oxygens (including phenoxy) is 7. The highest BCUT2D eigenvalue weighted by Gasteiger charge is 2.31. The second kappa shape index (κ2) is 14.8. The maximum Gasteiger partial charge on any atom is 0.407 e. The number of amides is 1. The fraction of sp³-hybridized carbons (Fsp3) is 0.379. The fourth-order valence-electron chi connectivity index (χ4n) is 4.21. The Hall–Kier alpha value is -3.64. The second-order valence-electron chi connectivity index (χ2n) is 8.66. The molecule has 0 radical (unpaired) electrons. The number of carbonyl (C=O) groups excluding carboxylic acids is 1. The van der Waals surface area contributed by atoms with E-state index >= 15 is 0 Å². The number of nitrogens with one attached hydrogen (secondary N) is 1. The first-order valence-corrected chi connectivity index (χ1v) is 14.8. The summed E-state index contributed by atoms with van der Waals surface area (Å²) in [6.07, 6.45) is 1.12. The van der Waals surface area contributed by atoms with Crippen LogP contribution in [0.15, 0.2) is 48.7 Å². The number of benzene rings is 2. The molecule has 3 aromatic rings. The molecule has 0 aliphatic carbocycles. The van der Waals surface area contributed by atoms with Gasteiger partial charge in [-0.1, -0.05) is 6.07 Å². The van der Waals surface area contributed by atoms with Gasteiger partial charge in [0, 0.05) is 17.2 Å². The molecule has 2 heterocycles. The van der Waals surface area contributed by atoms with Crippen LogP contribution in [0.2, 0.25) is 0 Å². The Kier molecular flexibility index (Phi) is 11.0. The largest absolute Gasteiger partial charge is 0.493 e. The van der Waals surface area contributed by atoms with E-state index in [1.807, 2.05) is 66.0 Å². The van der Waals surface area contributed by atoms with Crippen LogP contribution < -0.4 is 33.7 Å². The Balaban J connectivity index is 1.38. The Morgan fingerprint density at radius 2 is 1.49 bits per heavy atom. The lowest BCUT2D eigenvalue weighted by atomic mass is 10.1. The van der Waals surface area contributed by atoms with Gasteiger partial charge in [0.15, 0.2) is 23.0 Å². The lowest BCUT2D eigenvalue weighted by molar-refractivity contribution is 0.122. The van der Waals surface area contributed by atoms with E-state index in [1.54, 1.807) is 41.7 Å². The van der Waals surface area contributed by atoms with Crippen molar-refractivity contribution in [2.45, 2.75) is 16.4 Å². The predicted molar refractivity (Wildman–Crippen MR) is 159 cm³/mol. The van der Waals surface area contributed by atoms with Gasteiger partial charge in [-0.15, -0.1) is 23.5 Å². The first-order chi connectivity index (χ1) is 20.0. The summed E-state index contributed by atoms with van der Waals surface area (Å²) in [5.41, 5.74) is 2.88. The third-order valence-corrected chi connectivity index (χ3v) is 9.54. The van der Waals surface area contributed by atoms with Crippen LogP contribution in [0.3, 0.4) is 0 Å². The van der Waals surface area contributed by atoms with Crippen LogP contribution in [0.1, 0.15) is 26.7 Å².